The molecule has 1 unspecified atom stereocenters. The smallest absolute Gasteiger partial charge is 0.324 e. The van der Waals surface area contributed by atoms with E-state index in [1.165, 1.54) is 17.7 Å². The number of hydrogen-bond acceptors (Lipinski definition) is 5. The summed E-state index contributed by atoms with van der Waals surface area (Å²) in [6.07, 6.45) is 3.12. The van der Waals surface area contributed by atoms with Crippen molar-refractivity contribution in [3.05, 3.63) is 89.8 Å². The van der Waals surface area contributed by atoms with Crippen molar-refractivity contribution in [2.75, 3.05) is 17.7 Å². The summed E-state index contributed by atoms with van der Waals surface area (Å²) in [6.45, 7) is 1.97. The van der Waals surface area contributed by atoms with E-state index in [1.54, 1.807) is 47.2 Å². The predicted molar refractivity (Wildman–Crippen MR) is 125 cm³/mol. The normalized spacial score (nSPS) is 11.6. The second-order valence-electron chi connectivity index (χ2n) is 7.13. The number of aromatic nitrogens is 3. The second kappa shape index (κ2) is 9.44. The molecule has 8 nitrogen and oxygen atoms in total. The quantitative estimate of drug-likeness (QED) is 0.445. The first kappa shape index (κ1) is 21.3. The third-order valence-electron chi connectivity index (χ3n) is 5.05. The molecule has 0 saturated heterocycles. The topological polar surface area (TPSA) is 92.2 Å². The van der Waals surface area contributed by atoms with Crippen molar-refractivity contribution in [1.82, 2.24) is 19.7 Å². The highest BCUT2D eigenvalue weighted by molar-refractivity contribution is 7.18. The van der Waals surface area contributed by atoms with Crippen LogP contribution in [0.5, 0.6) is 0 Å². The van der Waals surface area contributed by atoms with E-state index in [1.807, 2.05) is 49.4 Å². The number of nitrogens with one attached hydrogen (secondary N) is 2. The molecular formula is C23H22N6O2S. The number of nitrogens with zero attached hydrogens (tertiary/aromatic N) is 4. The summed E-state index contributed by atoms with van der Waals surface area (Å²) in [5.41, 5.74) is 2.60. The average molecular weight is 447 g/mol. The van der Waals surface area contributed by atoms with Gasteiger partial charge in [-0.1, -0.05) is 30.3 Å². The van der Waals surface area contributed by atoms with Gasteiger partial charge in [0, 0.05) is 12.7 Å². The molecule has 1 atom stereocenters. The second-order valence-corrected chi connectivity index (χ2v) is 8.22. The fourth-order valence-electron chi connectivity index (χ4n) is 3.14. The van der Waals surface area contributed by atoms with Crippen molar-refractivity contribution >= 4 is 34.0 Å². The highest BCUT2D eigenvalue weighted by Gasteiger charge is 2.21. The van der Waals surface area contributed by atoms with Gasteiger partial charge in [0.2, 0.25) is 0 Å². The molecule has 2 aromatic carbocycles. The Kier molecular flexibility index (Phi) is 6.27. The van der Waals surface area contributed by atoms with Gasteiger partial charge in [0.15, 0.2) is 0 Å². The number of carbonyl (C=O) groups is 2. The van der Waals surface area contributed by atoms with E-state index in [4.69, 9.17) is 0 Å². The number of rotatable bonds is 6. The van der Waals surface area contributed by atoms with Crippen LogP contribution in [0.25, 0.3) is 5.69 Å². The van der Waals surface area contributed by atoms with E-state index in [-0.39, 0.29) is 18.0 Å². The van der Waals surface area contributed by atoms with Gasteiger partial charge in [0.1, 0.15) is 12.7 Å². The number of urea groups is 1. The Hall–Kier alpha value is -3.98. The lowest BCUT2D eigenvalue weighted by molar-refractivity contribution is 0.0747. The number of benzene rings is 2. The number of amides is 3. The predicted octanol–water partition coefficient (Wildman–Crippen LogP) is 4.81. The Morgan fingerprint density at radius 1 is 1.00 bits per heavy atom. The van der Waals surface area contributed by atoms with Crippen LogP contribution in [0.2, 0.25) is 0 Å². The largest absolute Gasteiger partial charge is 0.334 e. The summed E-state index contributed by atoms with van der Waals surface area (Å²) in [5, 5.41) is 10.2. The Morgan fingerprint density at radius 3 is 2.44 bits per heavy atom. The van der Waals surface area contributed by atoms with Crippen LogP contribution < -0.4 is 10.6 Å². The van der Waals surface area contributed by atoms with Crippen LogP contribution in [0.4, 0.5) is 15.5 Å². The van der Waals surface area contributed by atoms with Crippen molar-refractivity contribution < 1.29 is 9.59 Å². The number of para-hydroxylation sites is 1. The van der Waals surface area contributed by atoms with Crippen LogP contribution in [0.3, 0.4) is 0 Å². The van der Waals surface area contributed by atoms with E-state index in [0.717, 1.165) is 11.3 Å². The van der Waals surface area contributed by atoms with Crippen LogP contribution >= 0.6 is 11.3 Å². The molecular weight excluding hydrogens is 424 g/mol. The molecule has 0 spiro atoms. The minimum Gasteiger partial charge on any atom is -0.334 e. The zero-order chi connectivity index (χ0) is 22.5. The van der Waals surface area contributed by atoms with E-state index < -0.39 is 0 Å². The van der Waals surface area contributed by atoms with Gasteiger partial charge in [-0.05, 0) is 48.9 Å². The molecule has 0 aliphatic carbocycles. The molecule has 3 amide bonds. The van der Waals surface area contributed by atoms with E-state index in [9.17, 15) is 9.59 Å². The first-order valence-corrected chi connectivity index (χ1v) is 10.8. The summed E-state index contributed by atoms with van der Waals surface area (Å²) >= 11 is 1.24. The molecule has 2 aromatic heterocycles. The molecule has 162 valence electrons. The van der Waals surface area contributed by atoms with Gasteiger partial charge < -0.3 is 10.2 Å². The van der Waals surface area contributed by atoms with Crippen LogP contribution in [0.1, 0.15) is 28.2 Å². The first-order chi connectivity index (χ1) is 15.5. The van der Waals surface area contributed by atoms with Crippen LogP contribution in [0, 0.1) is 0 Å². The van der Waals surface area contributed by atoms with Crippen LogP contribution in [0.15, 0.2) is 79.4 Å². The van der Waals surface area contributed by atoms with Crippen molar-refractivity contribution in [3.63, 3.8) is 0 Å². The van der Waals surface area contributed by atoms with E-state index in [0.29, 0.717) is 15.6 Å². The summed E-state index contributed by atoms with van der Waals surface area (Å²) in [6, 6.07) is 20.0. The van der Waals surface area contributed by atoms with Crippen molar-refractivity contribution in [2.24, 2.45) is 0 Å². The lowest BCUT2D eigenvalue weighted by atomic mass is 10.1. The molecule has 0 fully saturated rings. The Labute approximate surface area is 189 Å². The summed E-state index contributed by atoms with van der Waals surface area (Å²) in [5.74, 6) is -0.112. The summed E-state index contributed by atoms with van der Waals surface area (Å²) in [7, 11) is 1.77. The highest BCUT2D eigenvalue weighted by atomic mass is 32.1. The zero-order valence-electron chi connectivity index (χ0n) is 17.6. The summed E-state index contributed by atoms with van der Waals surface area (Å²) in [4.78, 5) is 31.4. The number of hydrogen-bond donors (Lipinski definition) is 2. The maximum Gasteiger partial charge on any atom is 0.324 e. The molecule has 0 aliphatic heterocycles. The molecule has 32 heavy (non-hydrogen) atoms. The van der Waals surface area contributed by atoms with Gasteiger partial charge in [-0.25, -0.2) is 14.5 Å². The maximum absolute atomic E-state index is 13.0. The zero-order valence-corrected chi connectivity index (χ0v) is 18.4. The van der Waals surface area contributed by atoms with Gasteiger partial charge in [-0.2, -0.15) is 5.10 Å². The molecule has 0 aliphatic rings. The van der Waals surface area contributed by atoms with E-state index >= 15 is 0 Å². The molecule has 0 saturated carbocycles. The van der Waals surface area contributed by atoms with Crippen molar-refractivity contribution in [1.29, 1.82) is 0 Å². The molecule has 4 rings (SSSR count). The molecule has 4 aromatic rings. The maximum atomic E-state index is 13.0. The van der Waals surface area contributed by atoms with E-state index in [2.05, 4.69) is 20.7 Å². The minimum atomic E-state index is -0.355. The highest BCUT2D eigenvalue weighted by Crippen LogP contribution is 2.27. The third-order valence-corrected chi connectivity index (χ3v) is 6.03. The molecule has 0 bridgehead atoms. The molecule has 0 radical (unpaired) electrons. The van der Waals surface area contributed by atoms with Crippen LogP contribution in [-0.2, 0) is 0 Å². The van der Waals surface area contributed by atoms with Crippen LogP contribution in [-0.4, -0.2) is 38.7 Å². The third kappa shape index (κ3) is 4.84. The number of anilines is 2. The lowest BCUT2D eigenvalue weighted by Gasteiger charge is -2.25. The minimum absolute atomic E-state index is 0.112. The van der Waals surface area contributed by atoms with Crippen molar-refractivity contribution in [2.45, 2.75) is 13.0 Å². The number of thiophene rings is 1. The monoisotopic (exact) mass is 446 g/mol. The van der Waals surface area contributed by atoms with Gasteiger partial charge in [0.25, 0.3) is 5.91 Å². The fraction of sp³-hybridized carbons (Fsp3) is 0.130. The van der Waals surface area contributed by atoms with Crippen molar-refractivity contribution in [3.8, 4) is 5.69 Å². The molecule has 2 heterocycles. The Bertz CT molecular complexity index is 1190. The van der Waals surface area contributed by atoms with Gasteiger partial charge in [-0.15, -0.1) is 11.3 Å². The number of carbonyl (C=O) groups excluding carboxylic acids is 2. The standard InChI is InChI=1S/C23H22N6O2S/c1-16(17-8-10-19(11-9-17)29-15-24-14-25-29)28(2)22(30)20-12-13-21(32-20)27-23(31)26-18-6-4-3-5-7-18/h3-16H,1-2H3,(H2,26,27,31). The SMILES string of the molecule is CC(c1ccc(-n2cncn2)cc1)N(C)C(=O)c1ccc(NC(=O)Nc2ccccc2)s1. The lowest BCUT2D eigenvalue weighted by Crippen LogP contribution is -2.29. The average Bonchev–Trinajstić information content (AvgIpc) is 3.51. The summed E-state index contributed by atoms with van der Waals surface area (Å²) < 4.78 is 1.68. The Balaban J connectivity index is 1.38. The van der Waals surface area contributed by atoms with Gasteiger partial charge >= 0.3 is 6.03 Å². The molecule has 2 N–H and O–H groups in total. The van der Waals surface area contributed by atoms with Gasteiger partial charge in [0.05, 0.1) is 21.6 Å². The Morgan fingerprint density at radius 2 is 1.75 bits per heavy atom. The fourth-order valence-corrected chi connectivity index (χ4v) is 4.02. The van der Waals surface area contributed by atoms with Gasteiger partial charge in [-0.3, -0.25) is 10.1 Å². The first-order valence-electron chi connectivity index (χ1n) is 9.96. The molecule has 9 heteroatoms.